The number of nitrogens with one attached hydrogen (secondary N) is 1. The lowest BCUT2D eigenvalue weighted by molar-refractivity contribution is 0.204. The molecule has 6 nitrogen and oxygen atoms in total. The minimum absolute atomic E-state index is 0.175. The second-order valence-electron chi connectivity index (χ2n) is 2.77. The van der Waals surface area contributed by atoms with E-state index in [-0.39, 0.29) is 30.6 Å². The van der Waals surface area contributed by atoms with E-state index in [2.05, 4.69) is 4.72 Å². The highest BCUT2D eigenvalue weighted by molar-refractivity contribution is 7.89. The maximum Gasteiger partial charge on any atom is 0.274 e. The van der Waals surface area contributed by atoms with E-state index in [9.17, 15) is 8.42 Å². The number of hydrogen-bond donors (Lipinski definition) is 2. The summed E-state index contributed by atoms with van der Waals surface area (Å²) in [5.41, 5.74) is 0. The molecule has 1 aromatic rings. The van der Waals surface area contributed by atoms with Crippen molar-refractivity contribution in [3.8, 4) is 0 Å². The molecule has 0 amide bonds. The molecule has 0 atom stereocenters. The van der Waals surface area contributed by atoms with Gasteiger partial charge in [0.15, 0.2) is 0 Å². The van der Waals surface area contributed by atoms with Crippen LogP contribution in [0, 0.1) is 0 Å². The maximum absolute atomic E-state index is 11.5. The van der Waals surface area contributed by atoms with Crippen LogP contribution in [0.5, 0.6) is 0 Å². The number of furan rings is 1. The highest BCUT2D eigenvalue weighted by Gasteiger charge is 2.17. The maximum atomic E-state index is 11.5. The Labute approximate surface area is 87.9 Å². The molecule has 1 rings (SSSR count). The van der Waals surface area contributed by atoms with Crippen molar-refractivity contribution < 1.29 is 22.7 Å². The fraction of sp³-hybridized carbons (Fsp3) is 0.500. The lowest BCUT2D eigenvalue weighted by Gasteiger charge is -2.02. The van der Waals surface area contributed by atoms with Gasteiger partial charge in [-0.2, -0.15) is 0 Å². The molecule has 0 aromatic carbocycles. The highest BCUT2D eigenvalue weighted by atomic mass is 32.2. The fourth-order valence-electron chi connectivity index (χ4n) is 0.937. The van der Waals surface area contributed by atoms with E-state index in [4.69, 9.17) is 14.3 Å². The summed E-state index contributed by atoms with van der Waals surface area (Å²) in [5.74, 6) is 0.210. The molecule has 1 aromatic heterocycles. The summed E-state index contributed by atoms with van der Waals surface area (Å²) >= 11 is 0. The third-order valence-corrected chi connectivity index (χ3v) is 2.99. The monoisotopic (exact) mass is 235 g/mol. The molecule has 2 N–H and O–H groups in total. The molecule has 0 spiro atoms. The molecule has 1 heterocycles. The first-order valence-corrected chi connectivity index (χ1v) is 5.76. The van der Waals surface area contributed by atoms with Crippen molar-refractivity contribution >= 4 is 10.0 Å². The van der Waals surface area contributed by atoms with E-state index in [1.165, 1.54) is 19.2 Å². The van der Waals surface area contributed by atoms with Crippen molar-refractivity contribution in [1.29, 1.82) is 0 Å². The molecule has 0 fully saturated rings. The van der Waals surface area contributed by atoms with Crippen molar-refractivity contribution in [2.24, 2.45) is 0 Å². The van der Waals surface area contributed by atoms with Crippen molar-refractivity contribution in [2.45, 2.75) is 11.7 Å². The Morgan fingerprint density at radius 2 is 2.27 bits per heavy atom. The second-order valence-corrected chi connectivity index (χ2v) is 4.47. The molecular weight excluding hydrogens is 222 g/mol. The van der Waals surface area contributed by atoms with Gasteiger partial charge in [0.25, 0.3) is 10.0 Å². The van der Waals surface area contributed by atoms with Gasteiger partial charge in [0.2, 0.25) is 5.09 Å². The van der Waals surface area contributed by atoms with Gasteiger partial charge in [-0.05, 0) is 12.1 Å². The second kappa shape index (κ2) is 5.26. The molecule has 0 saturated carbocycles. The van der Waals surface area contributed by atoms with Gasteiger partial charge in [-0.15, -0.1) is 0 Å². The number of ether oxygens (including phenoxy) is 1. The summed E-state index contributed by atoms with van der Waals surface area (Å²) in [6.07, 6.45) is 0. The Morgan fingerprint density at radius 3 is 2.80 bits per heavy atom. The third kappa shape index (κ3) is 3.31. The first kappa shape index (κ1) is 12.2. The molecule has 0 aliphatic heterocycles. The van der Waals surface area contributed by atoms with E-state index >= 15 is 0 Å². The van der Waals surface area contributed by atoms with Gasteiger partial charge in [0.1, 0.15) is 12.4 Å². The predicted molar refractivity (Wildman–Crippen MR) is 51.7 cm³/mol. The van der Waals surface area contributed by atoms with Gasteiger partial charge in [-0.1, -0.05) is 0 Å². The van der Waals surface area contributed by atoms with Crippen LogP contribution < -0.4 is 4.72 Å². The van der Waals surface area contributed by atoms with Gasteiger partial charge in [0.05, 0.1) is 6.61 Å². The minimum Gasteiger partial charge on any atom is -0.446 e. The summed E-state index contributed by atoms with van der Waals surface area (Å²) in [4.78, 5) is 0. The summed E-state index contributed by atoms with van der Waals surface area (Å²) in [6.45, 7) is 0.133. The molecule has 0 aliphatic carbocycles. The molecule has 7 heteroatoms. The summed E-state index contributed by atoms with van der Waals surface area (Å²) in [6, 6.07) is 2.70. The van der Waals surface area contributed by atoms with E-state index in [0.717, 1.165) is 0 Å². The van der Waals surface area contributed by atoms with Gasteiger partial charge in [-0.3, -0.25) is 0 Å². The number of aliphatic hydroxyl groups is 1. The van der Waals surface area contributed by atoms with Crippen molar-refractivity contribution in [1.82, 2.24) is 4.72 Å². The molecule has 15 heavy (non-hydrogen) atoms. The molecule has 0 aliphatic rings. The SMILES string of the molecule is COCCNS(=O)(=O)c1ccc(CO)o1. The Kier molecular flexibility index (Phi) is 4.28. The van der Waals surface area contributed by atoms with Gasteiger partial charge in [0, 0.05) is 13.7 Å². The van der Waals surface area contributed by atoms with E-state index in [1.807, 2.05) is 0 Å². The third-order valence-electron chi connectivity index (χ3n) is 1.66. The van der Waals surface area contributed by atoms with Crippen LogP contribution in [0.25, 0.3) is 0 Å². The zero-order valence-electron chi connectivity index (χ0n) is 8.26. The Hall–Kier alpha value is -0.890. The number of methoxy groups -OCH3 is 1. The van der Waals surface area contributed by atoms with Gasteiger partial charge < -0.3 is 14.3 Å². The smallest absolute Gasteiger partial charge is 0.274 e. The van der Waals surface area contributed by atoms with Crippen LogP contribution in [0.2, 0.25) is 0 Å². The predicted octanol–water partition coefficient (Wildman–Crippen LogP) is -0.303. The van der Waals surface area contributed by atoms with Crippen LogP contribution in [-0.4, -0.2) is 33.8 Å². The zero-order chi connectivity index (χ0) is 11.3. The van der Waals surface area contributed by atoms with Crippen LogP contribution in [0.3, 0.4) is 0 Å². The van der Waals surface area contributed by atoms with Gasteiger partial charge >= 0.3 is 0 Å². The molecule has 0 saturated heterocycles. The summed E-state index contributed by atoms with van der Waals surface area (Å²) in [5, 5.41) is 8.50. The van der Waals surface area contributed by atoms with Crippen LogP contribution in [0.15, 0.2) is 21.6 Å². The van der Waals surface area contributed by atoms with E-state index in [1.54, 1.807) is 0 Å². The Morgan fingerprint density at radius 1 is 1.53 bits per heavy atom. The summed E-state index contributed by atoms with van der Waals surface area (Å²) < 4.78 is 34.9. The molecule has 0 bridgehead atoms. The van der Waals surface area contributed by atoms with Crippen LogP contribution >= 0.6 is 0 Å². The first-order valence-electron chi connectivity index (χ1n) is 4.28. The molecule has 86 valence electrons. The topological polar surface area (TPSA) is 88.8 Å². The zero-order valence-corrected chi connectivity index (χ0v) is 9.08. The minimum atomic E-state index is -3.63. The number of sulfonamides is 1. The van der Waals surface area contributed by atoms with Gasteiger partial charge in [-0.25, -0.2) is 13.1 Å². The lowest BCUT2D eigenvalue weighted by atomic mass is 10.5. The van der Waals surface area contributed by atoms with E-state index < -0.39 is 10.0 Å². The molecule has 0 radical (unpaired) electrons. The Balaban J connectivity index is 2.68. The van der Waals surface area contributed by atoms with Crippen molar-refractivity contribution in [2.75, 3.05) is 20.3 Å². The average molecular weight is 235 g/mol. The number of aliphatic hydroxyl groups excluding tert-OH is 1. The van der Waals surface area contributed by atoms with Crippen LogP contribution in [-0.2, 0) is 21.4 Å². The fourth-order valence-corrected chi connectivity index (χ4v) is 1.90. The number of rotatable bonds is 6. The largest absolute Gasteiger partial charge is 0.446 e. The van der Waals surface area contributed by atoms with Crippen LogP contribution in [0.1, 0.15) is 5.76 Å². The molecular formula is C8H13NO5S. The van der Waals surface area contributed by atoms with Crippen molar-refractivity contribution in [3.63, 3.8) is 0 Å². The lowest BCUT2D eigenvalue weighted by Crippen LogP contribution is -2.26. The average Bonchev–Trinajstić information content (AvgIpc) is 2.66. The normalized spacial score (nSPS) is 11.9. The standard InChI is InChI=1S/C8H13NO5S/c1-13-5-4-9-15(11,12)8-3-2-7(6-10)14-8/h2-3,9-10H,4-6H2,1H3. The van der Waals surface area contributed by atoms with Crippen molar-refractivity contribution in [3.05, 3.63) is 17.9 Å². The summed E-state index contributed by atoms with van der Waals surface area (Å²) in [7, 11) is -2.15. The quantitative estimate of drug-likeness (QED) is 0.661. The number of hydrogen-bond acceptors (Lipinski definition) is 5. The first-order chi connectivity index (χ1) is 7.10. The Bertz CT molecular complexity index is 397. The highest BCUT2D eigenvalue weighted by Crippen LogP contribution is 2.13. The van der Waals surface area contributed by atoms with E-state index in [0.29, 0.717) is 0 Å². The molecule has 0 unspecified atom stereocenters. The van der Waals surface area contributed by atoms with Crippen LogP contribution in [0.4, 0.5) is 0 Å².